The second kappa shape index (κ2) is 6.88. The summed E-state index contributed by atoms with van der Waals surface area (Å²) in [5.74, 6) is -0.317. The number of likely N-dealkylation sites (tertiary alicyclic amines) is 1. The lowest BCUT2D eigenvalue weighted by molar-refractivity contribution is -0.135. The van der Waals surface area contributed by atoms with Crippen LogP contribution in [0.5, 0.6) is 0 Å². The van der Waals surface area contributed by atoms with Crippen LogP contribution in [0.3, 0.4) is 0 Å². The Hall–Kier alpha value is -2.54. The maximum absolute atomic E-state index is 16.3. The summed E-state index contributed by atoms with van der Waals surface area (Å²) in [7, 11) is 1.82. The van der Waals surface area contributed by atoms with Gasteiger partial charge in [-0.2, -0.15) is 10.4 Å². The van der Waals surface area contributed by atoms with E-state index < -0.39 is 17.8 Å². The molecule has 2 aliphatic heterocycles. The van der Waals surface area contributed by atoms with Crippen LogP contribution in [0.15, 0.2) is 24.4 Å². The van der Waals surface area contributed by atoms with E-state index in [1.807, 2.05) is 11.9 Å². The molecule has 1 amide bonds. The van der Waals surface area contributed by atoms with Gasteiger partial charge in [0.25, 0.3) is 5.91 Å². The molecule has 0 radical (unpaired) electrons. The van der Waals surface area contributed by atoms with Gasteiger partial charge in [0, 0.05) is 31.7 Å². The molecule has 2 aliphatic rings. The molecule has 9 heteroatoms. The van der Waals surface area contributed by atoms with Gasteiger partial charge in [0.1, 0.15) is 17.9 Å². The number of nitriles is 1. The molecule has 2 N–H and O–H groups in total. The molecule has 8 nitrogen and oxygen atoms in total. The fraction of sp³-hybridized carbons (Fsp3) is 0.500. The monoisotopic (exact) mass is 372 g/mol. The number of fused-ring (bicyclic) bond motifs is 1. The number of amides is 1. The molecule has 2 fully saturated rings. The highest BCUT2D eigenvalue weighted by Gasteiger charge is 2.50. The third kappa shape index (κ3) is 3.06. The van der Waals surface area contributed by atoms with Gasteiger partial charge in [-0.3, -0.25) is 4.79 Å². The Morgan fingerprint density at radius 3 is 3.11 bits per heavy atom. The Morgan fingerprint density at radius 2 is 2.37 bits per heavy atom. The van der Waals surface area contributed by atoms with E-state index in [1.165, 1.54) is 10.7 Å². The summed E-state index contributed by atoms with van der Waals surface area (Å²) in [5, 5.41) is 19.3. The van der Waals surface area contributed by atoms with E-state index in [0.717, 1.165) is 0 Å². The van der Waals surface area contributed by atoms with Gasteiger partial charge in [-0.15, -0.1) is 0 Å². The molecule has 2 aromatic heterocycles. The minimum Gasteiger partial charge on any atom is -0.366 e. The Morgan fingerprint density at radius 1 is 1.52 bits per heavy atom. The number of morpholine rings is 1. The smallest absolute Gasteiger partial charge is 0.250 e. The SMILES string of the molecule is CN1C[C@@H](NC(=O)C2CNCCO2)[C@@](F)(c2ccc(C#N)n3nccc23)C1. The number of halogens is 1. The van der Waals surface area contributed by atoms with Gasteiger partial charge in [-0.05, 0) is 19.2 Å². The zero-order valence-corrected chi connectivity index (χ0v) is 15.0. The van der Waals surface area contributed by atoms with Crippen molar-refractivity contribution in [3.8, 4) is 6.07 Å². The van der Waals surface area contributed by atoms with Gasteiger partial charge in [0.2, 0.25) is 0 Å². The van der Waals surface area contributed by atoms with Crippen molar-refractivity contribution in [1.29, 1.82) is 5.26 Å². The maximum atomic E-state index is 16.3. The van der Waals surface area contributed by atoms with Crippen molar-refractivity contribution in [3.05, 3.63) is 35.7 Å². The van der Waals surface area contributed by atoms with E-state index in [1.54, 1.807) is 18.2 Å². The van der Waals surface area contributed by atoms with Crippen LogP contribution >= 0.6 is 0 Å². The molecule has 142 valence electrons. The molecule has 0 saturated carbocycles. The van der Waals surface area contributed by atoms with Crippen molar-refractivity contribution in [1.82, 2.24) is 25.1 Å². The van der Waals surface area contributed by atoms with Crippen molar-refractivity contribution < 1.29 is 13.9 Å². The molecule has 27 heavy (non-hydrogen) atoms. The van der Waals surface area contributed by atoms with E-state index in [4.69, 9.17) is 4.74 Å². The van der Waals surface area contributed by atoms with Gasteiger partial charge >= 0.3 is 0 Å². The van der Waals surface area contributed by atoms with Crippen molar-refractivity contribution in [3.63, 3.8) is 0 Å². The molecule has 0 aliphatic carbocycles. The summed E-state index contributed by atoms with van der Waals surface area (Å²) in [5.41, 5.74) is -0.532. The van der Waals surface area contributed by atoms with Crippen LogP contribution in [0, 0.1) is 11.3 Å². The molecular formula is C18H21FN6O2. The minimum atomic E-state index is -1.80. The second-order valence-corrected chi connectivity index (χ2v) is 7.06. The second-order valence-electron chi connectivity index (χ2n) is 7.06. The Labute approximate surface area is 155 Å². The normalized spacial score (nSPS) is 28.9. The first-order chi connectivity index (χ1) is 13.0. The summed E-state index contributed by atoms with van der Waals surface area (Å²) < 4.78 is 23.2. The topological polar surface area (TPSA) is 94.7 Å². The standard InChI is InChI=1S/C18H21FN6O2/c1-24-10-16(23-17(26)15-9-21-6-7-27-15)18(19,11-24)13-3-2-12(8-20)25-14(13)4-5-22-25/h2-5,15-16,21H,6-7,9-11H2,1H3,(H,23,26)/t15?,16-,18+/m1/s1. The highest BCUT2D eigenvalue weighted by atomic mass is 19.1. The number of pyridine rings is 1. The number of ether oxygens (including phenoxy) is 1. The molecule has 0 bridgehead atoms. The van der Waals surface area contributed by atoms with Crippen LogP contribution in [-0.4, -0.2) is 72.4 Å². The highest BCUT2D eigenvalue weighted by molar-refractivity contribution is 5.82. The van der Waals surface area contributed by atoms with E-state index in [9.17, 15) is 10.1 Å². The summed E-state index contributed by atoms with van der Waals surface area (Å²) in [6.07, 6.45) is 0.918. The average molecular weight is 372 g/mol. The number of aromatic nitrogens is 2. The van der Waals surface area contributed by atoms with Gasteiger partial charge in [0.15, 0.2) is 5.67 Å². The number of carbonyl (C=O) groups is 1. The lowest BCUT2D eigenvalue weighted by Gasteiger charge is -2.30. The van der Waals surface area contributed by atoms with Crippen LogP contribution in [0.2, 0.25) is 0 Å². The van der Waals surface area contributed by atoms with Crippen LogP contribution in [0.1, 0.15) is 11.3 Å². The molecule has 0 aromatic carbocycles. The molecule has 2 saturated heterocycles. The van der Waals surface area contributed by atoms with Crippen molar-refractivity contribution in [2.75, 3.05) is 39.8 Å². The molecule has 2 aromatic rings. The zero-order chi connectivity index (χ0) is 19.0. The lowest BCUT2D eigenvalue weighted by Crippen LogP contribution is -2.54. The number of carbonyl (C=O) groups excluding carboxylic acids is 1. The third-order valence-corrected chi connectivity index (χ3v) is 5.20. The Kier molecular flexibility index (Phi) is 4.55. The summed E-state index contributed by atoms with van der Waals surface area (Å²) in [6.45, 7) is 2.08. The lowest BCUT2D eigenvalue weighted by atomic mass is 9.90. The zero-order valence-electron chi connectivity index (χ0n) is 15.0. The predicted octanol–water partition coefficient (Wildman–Crippen LogP) is -0.211. The summed E-state index contributed by atoms with van der Waals surface area (Å²) in [6, 6.07) is 6.19. The number of hydrogen-bond donors (Lipinski definition) is 2. The highest BCUT2D eigenvalue weighted by Crippen LogP contribution is 2.38. The molecule has 4 rings (SSSR count). The quantitative estimate of drug-likeness (QED) is 0.774. The van der Waals surface area contributed by atoms with Gasteiger partial charge in [-0.1, -0.05) is 6.07 Å². The first-order valence-corrected chi connectivity index (χ1v) is 8.90. The largest absolute Gasteiger partial charge is 0.366 e. The molecule has 4 heterocycles. The van der Waals surface area contributed by atoms with E-state index in [2.05, 4.69) is 21.8 Å². The van der Waals surface area contributed by atoms with Gasteiger partial charge < -0.3 is 20.3 Å². The molecule has 3 atom stereocenters. The van der Waals surface area contributed by atoms with Crippen molar-refractivity contribution in [2.24, 2.45) is 0 Å². The van der Waals surface area contributed by atoms with E-state index >= 15 is 4.39 Å². The van der Waals surface area contributed by atoms with E-state index in [-0.39, 0.29) is 12.5 Å². The number of rotatable bonds is 3. The molecule has 1 unspecified atom stereocenters. The molecular weight excluding hydrogens is 351 g/mol. The van der Waals surface area contributed by atoms with Crippen molar-refractivity contribution in [2.45, 2.75) is 17.8 Å². The van der Waals surface area contributed by atoms with Crippen molar-refractivity contribution >= 4 is 11.4 Å². The summed E-state index contributed by atoms with van der Waals surface area (Å²) >= 11 is 0. The predicted molar refractivity (Wildman–Crippen MR) is 94.7 cm³/mol. The maximum Gasteiger partial charge on any atom is 0.250 e. The van der Waals surface area contributed by atoms with Crippen LogP contribution in [0.4, 0.5) is 4.39 Å². The van der Waals surface area contributed by atoms with Gasteiger partial charge in [-0.25, -0.2) is 8.91 Å². The van der Waals surface area contributed by atoms with Crippen LogP contribution < -0.4 is 10.6 Å². The number of nitrogens with zero attached hydrogens (tertiary/aromatic N) is 4. The Bertz CT molecular complexity index is 903. The minimum absolute atomic E-state index is 0.133. The third-order valence-electron chi connectivity index (χ3n) is 5.20. The Balaban J connectivity index is 1.66. The van der Waals surface area contributed by atoms with Crippen LogP contribution in [-0.2, 0) is 15.2 Å². The summed E-state index contributed by atoms with van der Waals surface area (Å²) in [4.78, 5) is 14.4. The number of nitrogens with one attached hydrogen (secondary N) is 2. The fourth-order valence-electron chi connectivity index (χ4n) is 3.91. The fourth-order valence-corrected chi connectivity index (χ4v) is 3.91. The average Bonchev–Trinajstić information content (AvgIpc) is 3.27. The molecule has 0 spiro atoms. The van der Waals surface area contributed by atoms with E-state index in [0.29, 0.717) is 43.0 Å². The number of likely N-dealkylation sites (N-methyl/N-ethyl adjacent to an activating group) is 1. The number of hydrogen-bond acceptors (Lipinski definition) is 6. The van der Waals surface area contributed by atoms with Crippen LogP contribution in [0.25, 0.3) is 5.52 Å². The first kappa shape index (κ1) is 17.9. The first-order valence-electron chi connectivity index (χ1n) is 8.90. The van der Waals surface area contributed by atoms with Gasteiger partial charge in [0.05, 0.1) is 24.4 Å². The number of alkyl halides is 1.